The van der Waals surface area contributed by atoms with E-state index in [0.717, 1.165) is 42.9 Å². The van der Waals surface area contributed by atoms with Gasteiger partial charge in [-0.2, -0.15) is 13.2 Å². The first-order valence-electron chi connectivity index (χ1n) is 7.92. The molecule has 1 atom stereocenters. The van der Waals surface area contributed by atoms with E-state index in [-0.39, 0.29) is 6.04 Å². The minimum absolute atomic E-state index is 0.124. The highest BCUT2D eigenvalue weighted by Crippen LogP contribution is 2.30. The highest BCUT2D eigenvalue weighted by Gasteiger charge is 2.34. The number of aromatic nitrogens is 2. The Kier molecular flexibility index (Phi) is 5.29. The van der Waals surface area contributed by atoms with Crippen molar-refractivity contribution < 1.29 is 13.2 Å². The zero-order valence-electron chi connectivity index (χ0n) is 13.7. The molecular weight excluding hydrogens is 397 g/mol. The van der Waals surface area contributed by atoms with Gasteiger partial charge in [-0.3, -0.25) is 4.90 Å². The van der Waals surface area contributed by atoms with Crippen molar-refractivity contribution in [1.29, 1.82) is 0 Å². The maximum atomic E-state index is 12.8. The molecule has 1 aliphatic heterocycles. The second-order valence-corrected chi connectivity index (χ2v) is 6.99. The second-order valence-electron chi connectivity index (χ2n) is 6.14. The van der Waals surface area contributed by atoms with Crippen LogP contribution < -0.4 is 4.90 Å². The van der Waals surface area contributed by atoms with Gasteiger partial charge in [0.15, 0.2) is 0 Å². The third kappa shape index (κ3) is 4.30. The lowest BCUT2D eigenvalue weighted by Crippen LogP contribution is -2.35. The SMILES string of the molecule is CN(c1cc(C(F)(F)F)ncn1)C1CCN(Cc2ccccc2Br)C1. The molecule has 2 heterocycles. The molecule has 3 rings (SSSR count). The maximum absolute atomic E-state index is 12.8. The smallest absolute Gasteiger partial charge is 0.355 e. The third-order valence-corrected chi connectivity index (χ3v) is 5.23. The highest BCUT2D eigenvalue weighted by molar-refractivity contribution is 9.10. The fraction of sp³-hybridized carbons (Fsp3) is 0.412. The molecule has 2 aromatic rings. The normalized spacial score (nSPS) is 18.5. The Morgan fingerprint density at radius 1 is 1.28 bits per heavy atom. The van der Waals surface area contributed by atoms with Crippen LogP contribution in [0, 0.1) is 0 Å². The summed E-state index contributed by atoms with van der Waals surface area (Å²) in [6, 6.07) is 9.19. The van der Waals surface area contributed by atoms with E-state index in [1.807, 2.05) is 23.1 Å². The molecule has 0 amide bonds. The number of nitrogens with zero attached hydrogens (tertiary/aromatic N) is 4. The van der Waals surface area contributed by atoms with Crippen molar-refractivity contribution in [3.05, 3.63) is 52.4 Å². The summed E-state index contributed by atoms with van der Waals surface area (Å²) in [4.78, 5) is 11.4. The highest BCUT2D eigenvalue weighted by atomic mass is 79.9. The van der Waals surface area contributed by atoms with Crippen LogP contribution in [0.5, 0.6) is 0 Å². The van der Waals surface area contributed by atoms with E-state index in [0.29, 0.717) is 5.82 Å². The number of benzene rings is 1. The van der Waals surface area contributed by atoms with Crippen molar-refractivity contribution >= 4 is 21.7 Å². The Hall–Kier alpha value is -1.67. The van der Waals surface area contributed by atoms with Gasteiger partial charge in [-0.15, -0.1) is 0 Å². The quantitative estimate of drug-likeness (QED) is 0.757. The molecule has 4 nitrogen and oxygen atoms in total. The van der Waals surface area contributed by atoms with Crippen LogP contribution in [-0.2, 0) is 12.7 Å². The number of anilines is 1. The molecule has 0 saturated carbocycles. The molecule has 1 aromatic heterocycles. The summed E-state index contributed by atoms with van der Waals surface area (Å²) in [5.41, 5.74) is 0.291. The number of alkyl halides is 3. The van der Waals surface area contributed by atoms with Gasteiger partial charge in [0.25, 0.3) is 0 Å². The largest absolute Gasteiger partial charge is 0.433 e. The molecule has 0 bridgehead atoms. The third-order valence-electron chi connectivity index (χ3n) is 4.45. The Bertz CT molecular complexity index is 738. The fourth-order valence-corrected chi connectivity index (χ4v) is 3.43. The second kappa shape index (κ2) is 7.29. The van der Waals surface area contributed by atoms with Crippen LogP contribution in [0.25, 0.3) is 0 Å². The van der Waals surface area contributed by atoms with Crippen LogP contribution in [0.3, 0.4) is 0 Å². The predicted octanol–water partition coefficient (Wildman–Crippen LogP) is 3.97. The van der Waals surface area contributed by atoms with E-state index in [1.54, 1.807) is 7.05 Å². The van der Waals surface area contributed by atoms with Gasteiger partial charge in [-0.05, 0) is 18.1 Å². The number of rotatable bonds is 4. The van der Waals surface area contributed by atoms with Crippen LogP contribution >= 0.6 is 15.9 Å². The molecule has 25 heavy (non-hydrogen) atoms. The molecule has 0 aliphatic carbocycles. The molecule has 8 heteroatoms. The molecule has 1 fully saturated rings. The van der Waals surface area contributed by atoms with Crippen LogP contribution in [0.4, 0.5) is 19.0 Å². The first kappa shape index (κ1) is 18.1. The average Bonchev–Trinajstić information content (AvgIpc) is 3.04. The molecular formula is C17H18BrF3N4. The molecule has 0 spiro atoms. The first-order chi connectivity index (χ1) is 11.8. The minimum atomic E-state index is -4.46. The van der Waals surface area contributed by atoms with Crippen LogP contribution in [0.1, 0.15) is 17.7 Å². The van der Waals surface area contributed by atoms with E-state index in [4.69, 9.17) is 0 Å². The molecule has 134 valence electrons. The number of hydrogen-bond acceptors (Lipinski definition) is 4. The standard InChI is InChI=1S/C17H18BrF3N4/c1-24(16-8-15(17(19,20)21)22-11-23-16)13-6-7-25(10-13)9-12-4-2-3-5-14(12)18/h2-5,8,11,13H,6-7,9-10H2,1H3. The summed E-state index contributed by atoms with van der Waals surface area (Å²) in [7, 11) is 1.79. The van der Waals surface area contributed by atoms with Crippen molar-refractivity contribution in [3.63, 3.8) is 0 Å². The Labute approximate surface area is 152 Å². The zero-order chi connectivity index (χ0) is 18.0. The van der Waals surface area contributed by atoms with Gasteiger partial charge in [0, 0.05) is 43.3 Å². The van der Waals surface area contributed by atoms with E-state index >= 15 is 0 Å². The molecule has 0 radical (unpaired) electrons. The lowest BCUT2D eigenvalue weighted by molar-refractivity contribution is -0.141. The summed E-state index contributed by atoms with van der Waals surface area (Å²) in [5.74, 6) is 0.301. The van der Waals surface area contributed by atoms with Crippen LogP contribution in [0.15, 0.2) is 41.1 Å². The minimum Gasteiger partial charge on any atom is -0.355 e. The summed E-state index contributed by atoms with van der Waals surface area (Å²) >= 11 is 3.55. The maximum Gasteiger partial charge on any atom is 0.433 e. The van der Waals surface area contributed by atoms with E-state index in [2.05, 4.69) is 36.9 Å². The van der Waals surface area contributed by atoms with Gasteiger partial charge in [-0.25, -0.2) is 9.97 Å². The monoisotopic (exact) mass is 414 g/mol. The predicted molar refractivity (Wildman–Crippen MR) is 93.3 cm³/mol. The van der Waals surface area contributed by atoms with Crippen molar-refractivity contribution in [1.82, 2.24) is 14.9 Å². The van der Waals surface area contributed by atoms with Gasteiger partial charge >= 0.3 is 6.18 Å². The van der Waals surface area contributed by atoms with Crippen molar-refractivity contribution in [2.45, 2.75) is 25.2 Å². The van der Waals surface area contributed by atoms with Crippen molar-refractivity contribution in [3.8, 4) is 0 Å². The van der Waals surface area contributed by atoms with Crippen molar-refractivity contribution in [2.75, 3.05) is 25.0 Å². The molecule has 1 aromatic carbocycles. The van der Waals surface area contributed by atoms with Gasteiger partial charge in [0.2, 0.25) is 0 Å². The topological polar surface area (TPSA) is 32.3 Å². The van der Waals surface area contributed by atoms with Gasteiger partial charge in [0.05, 0.1) is 0 Å². The zero-order valence-corrected chi connectivity index (χ0v) is 15.3. The lowest BCUT2D eigenvalue weighted by Gasteiger charge is -2.26. The van der Waals surface area contributed by atoms with E-state index < -0.39 is 11.9 Å². The summed E-state index contributed by atoms with van der Waals surface area (Å²) in [5, 5.41) is 0. The average molecular weight is 415 g/mol. The Balaban J connectivity index is 1.67. The number of likely N-dealkylation sites (tertiary alicyclic amines) is 1. The Morgan fingerprint density at radius 2 is 2.04 bits per heavy atom. The van der Waals surface area contributed by atoms with Gasteiger partial charge in [0.1, 0.15) is 17.8 Å². The number of likely N-dealkylation sites (N-methyl/N-ethyl adjacent to an activating group) is 1. The molecule has 1 aliphatic rings. The first-order valence-corrected chi connectivity index (χ1v) is 8.71. The number of hydrogen-bond donors (Lipinski definition) is 0. The summed E-state index contributed by atoms with van der Waals surface area (Å²) < 4.78 is 39.6. The van der Waals surface area contributed by atoms with Gasteiger partial charge in [-0.1, -0.05) is 34.1 Å². The molecule has 1 unspecified atom stereocenters. The lowest BCUT2D eigenvalue weighted by atomic mass is 10.2. The summed E-state index contributed by atoms with van der Waals surface area (Å²) in [6.45, 7) is 2.49. The van der Waals surface area contributed by atoms with E-state index in [9.17, 15) is 13.2 Å². The van der Waals surface area contributed by atoms with Crippen LogP contribution in [0.2, 0.25) is 0 Å². The molecule has 0 N–H and O–H groups in total. The Morgan fingerprint density at radius 3 is 2.76 bits per heavy atom. The van der Waals surface area contributed by atoms with Crippen LogP contribution in [-0.4, -0.2) is 41.0 Å². The van der Waals surface area contributed by atoms with Gasteiger partial charge < -0.3 is 4.90 Å². The van der Waals surface area contributed by atoms with Crippen molar-refractivity contribution in [2.24, 2.45) is 0 Å². The fourth-order valence-electron chi connectivity index (χ4n) is 3.02. The molecule has 1 saturated heterocycles. The number of halogens is 4. The summed E-state index contributed by atoms with van der Waals surface area (Å²) in [6.07, 6.45) is -2.60. The van der Waals surface area contributed by atoms with E-state index in [1.165, 1.54) is 5.56 Å².